The molecule has 0 amide bonds. The highest BCUT2D eigenvalue weighted by Gasteiger charge is 1.98. The van der Waals surface area contributed by atoms with Gasteiger partial charge in [0.2, 0.25) is 0 Å². The van der Waals surface area contributed by atoms with Gasteiger partial charge < -0.3 is 10.2 Å². The van der Waals surface area contributed by atoms with E-state index < -0.39 is 12.7 Å². The number of hydrogen-bond acceptors (Lipinski definition) is 3. The van der Waals surface area contributed by atoms with Crippen LogP contribution in [0, 0.1) is 0 Å². The molecule has 0 bridgehead atoms. The molecule has 0 aromatic heterocycles. The predicted molar refractivity (Wildman–Crippen MR) is 19.7 cm³/mol. The van der Waals surface area contributed by atoms with Crippen molar-refractivity contribution < 1.29 is 20.4 Å². The first-order valence-electron chi connectivity index (χ1n) is 1.85. The first-order chi connectivity index (χ1) is 3.31. The Morgan fingerprint density at radius 1 is 1.71 bits per heavy atom. The van der Waals surface area contributed by atoms with Gasteiger partial charge in [0.05, 0.1) is 6.61 Å². The highest BCUT2D eigenvalue weighted by molar-refractivity contribution is 4.45. The fourth-order valence-electron chi connectivity index (χ4n) is 0.131. The molecule has 1 radical (unpaired) electrons. The number of hydrogen-bond donors (Lipinski definition) is 2. The van der Waals surface area contributed by atoms with Crippen LogP contribution in [-0.2, 0) is 10.1 Å². The lowest BCUT2D eigenvalue weighted by Gasteiger charge is -1.98. The highest BCUT2D eigenvalue weighted by atomic mass is 17.1. The van der Waals surface area contributed by atoms with Crippen molar-refractivity contribution in [1.82, 2.24) is 0 Å². The SMILES string of the molecule is [O]OCC(O)CO. The summed E-state index contributed by atoms with van der Waals surface area (Å²) in [5.41, 5.74) is 0. The third kappa shape index (κ3) is 3.68. The standard InChI is InChI=1S/C3H7O4/c4-1-3(5)2-7-6/h3-5H,1-2H2. The van der Waals surface area contributed by atoms with E-state index in [0.29, 0.717) is 0 Å². The van der Waals surface area contributed by atoms with Crippen LogP contribution >= 0.6 is 0 Å². The Kier molecular flexibility index (Phi) is 3.92. The lowest BCUT2D eigenvalue weighted by atomic mass is 10.4. The molecule has 0 fully saturated rings. The van der Waals surface area contributed by atoms with Crippen molar-refractivity contribution in [1.29, 1.82) is 0 Å². The summed E-state index contributed by atoms with van der Waals surface area (Å²) in [6.07, 6.45) is -1.03. The maximum atomic E-state index is 9.13. The topological polar surface area (TPSA) is 69.6 Å². The molecule has 0 heterocycles. The molecule has 0 aliphatic rings. The molecular formula is C3H7O4. The number of aliphatic hydroxyl groups is 2. The summed E-state index contributed by atoms with van der Waals surface area (Å²) in [4.78, 5) is 3.23. The van der Waals surface area contributed by atoms with Gasteiger partial charge in [-0.05, 0) is 5.26 Å². The second-order valence-corrected chi connectivity index (χ2v) is 1.12. The summed E-state index contributed by atoms with van der Waals surface area (Å²) in [5, 5.41) is 25.4. The van der Waals surface area contributed by atoms with Crippen LogP contribution in [0.5, 0.6) is 0 Å². The smallest absolute Gasteiger partial charge is 0.114 e. The van der Waals surface area contributed by atoms with Crippen LogP contribution in [0.2, 0.25) is 0 Å². The molecule has 0 saturated heterocycles. The van der Waals surface area contributed by atoms with Crippen LogP contribution < -0.4 is 0 Å². The molecule has 0 saturated carbocycles. The van der Waals surface area contributed by atoms with E-state index in [-0.39, 0.29) is 6.61 Å². The van der Waals surface area contributed by atoms with Crippen LogP contribution in [-0.4, -0.2) is 29.5 Å². The maximum Gasteiger partial charge on any atom is 0.114 e. The van der Waals surface area contributed by atoms with Crippen LogP contribution in [0.1, 0.15) is 0 Å². The van der Waals surface area contributed by atoms with Crippen molar-refractivity contribution >= 4 is 0 Å². The molecule has 1 unspecified atom stereocenters. The van der Waals surface area contributed by atoms with Crippen LogP contribution in [0.3, 0.4) is 0 Å². The highest BCUT2D eigenvalue weighted by Crippen LogP contribution is 1.78. The Morgan fingerprint density at radius 2 is 2.29 bits per heavy atom. The van der Waals surface area contributed by atoms with E-state index in [4.69, 9.17) is 15.5 Å². The van der Waals surface area contributed by atoms with Crippen LogP contribution in [0.25, 0.3) is 0 Å². The van der Waals surface area contributed by atoms with Gasteiger partial charge in [-0.1, -0.05) is 0 Å². The molecule has 43 valence electrons. The molecule has 0 aliphatic carbocycles. The van der Waals surface area contributed by atoms with Gasteiger partial charge in [0, 0.05) is 0 Å². The van der Waals surface area contributed by atoms with Crippen LogP contribution in [0.15, 0.2) is 0 Å². The zero-order chi connectivity index (χ0) is 5.70. The third-order valence-corrected chi connectivity index (χ3v) is 0.471. The van der Waals surface area contributed by atoms with Crippen molar-refractivity contribution in [3.05, 3.63) is 0 Å². The maximum absolute atomic E-state index is 9.13. The van der Waals surface area contributed by atoms with Gasteiger partial charge in [0.15, 0.2) is 0 Å². The second kappa shape index (κ2) is 4.01. The van der Waals surface area contributed by atoms with E-state index in [0.717, 1.165) is 0 Å². The van der Waals surface area contributed by atoms with Gasteiger partial charge in [-0.2, -0.15) is 0 Å². The van der Waals surface area contributed by atoms with Gasteiger partial charge in [-0.3, -0.25) is 0 Å². The van der Waals surface area contributed by atoms with E-state index >= 15 is 0 Å². The zero-order valence-corrected chi connectivity index (χ0v) is 3.70. The number of aliphatic hydroxyl groups excluding tert-OH is 2. The first kappa shape index (κ1) is 6.84. The molecule has 0 aliphatic heterocycles. The van der Waals surface area contributed by atoms with Crippen LogP contribution in [0.4, 0.5) is 0 Å². The third-order valence-electron chi connectivity index (χ3n) is 0.471. The van der Waals surface area contributed by atoms with Crippen molar-refractivity contribution in [2.24, 2.45) is 0 Å². The van der Waals surface area contributed by atoms with Crippen molar-refractivity contribution in [3.8, 4) is 0 Å². The summed E-state index contributed by atoms with van der Waals surface area (Å²) in [7, 11) is 0. The lowest BCUT2D eigenvalue weighted by molar-refractivity contribution is -0.315. The summed E-state index contributed by atoms with van der Waals surface area (Å²) in [6.45, 7) is -0.779. The second-order valence-electron chi connectivity index (χ2n) is 1.12. The minimum absolute atomic E-state index is 0.351. The van der Waals surface area contributed by atoms with Gasteiger partial charge in [0.1, 0.15) is 12.7 Å². The minimum Gasteiger partial charge on any atom is -0.394 e. The molecular weight excluding hydrogens is 100 g/mol. The summed E-state index contributed by atoms with van der Waals surface area (Å²) < 4.78 is 0. The molecule has 4 heteroatoms. The molecule has 0 rings (SSSR count). The van der Waals surface area contributed by atoms with E-state index in [9.17, 15) is 0 Å². The average Bonchev–Trinajstić information content (AvgIpc) is 1.68. The molecule has 4 nitrogen and oxygen atoms in total. The molecule has 7 heavy (non-hydrogen) atoms. The fraction of sp³-hybridized carbons (Fsp3) is 1.00. The molecule has 0 spiro atoms. The van der Waals surface area contributed by atoms with Gasteiger partial charge in [0.25, 0.3) is 0 Å². The summed E-state index contributed by atoms with van der Waals surface area (Å²) >= 11 is 0. The Labute approximate surface area is 40.9 Å². The van der Waals surface area contributed by atoms with Gasteiger partial charge >= 0.3 is 0 Å². The Hall–Kier alpha value is -0.160. The Morgan fingerprint density at radius 3 is 2.43 bits per heavy atom. The van der Waals surface area contributed by atoms with E-state index in [1.54, 1.807) is 0 Å². The normalized spacial score (nSPS) is 14.1. The molecule has 0 aromatic carbocycles. The molecule has 1 atom stereocenters. The lowest BCUT2D eigenvalue weighted by Crippen LogP contribution is -2.17. The van der Waals surface area contributed by atoms with E-state index in [1.165, 1.54) is 0 Å². The summed E-state index contributed by atoms with van der Waals surface area (Å²) in [6, 6.07) is 0. The molecule has 2 N–H and O–H groups in total. The fourth-order valence-corrected chi connectivity index (χ4v) is 0.131. The Bertz CT molecular complexity index is 37.9. The quantitative estimate of drug-likeness (QED) is 0.348. The minimum atomic E-state index is -1.03. The average molecular weight is 107 g/mol. The molecule has 0 aromatic rings. The number of rotatable bonds is 3. The van der Waals surface area contributed by atoms with E-state index in [2.05, 4.69) is 4.89 Å². The van der Waals surface area contributed by atoms with Gasteiger partial charge in [-0.25, -0.2) is 4.89 Å². The zero-order valence-electron chi connectivity index (χ0n) is 3.70. The Balaban J connectivity index is 2.83. The van der Waals surface area contributed by atoms with Crippen molar-refractivity contribution in [3.63, 3.8) is 0 Å². The monoisotopic (exact) mass is 107 g/mol. The van der Waals surface area contributed by atoms with Crippen molar-refractivity contribution in [2.45, 2.75) is 6.10 Å². The van der Waals surface area contributed by atoms with E-state index in [1.807, 2.05) is 0 Å². The largest absolute Gasteiger partial charge is 0.394 e. The predicted octanol–water partition coefficient (Wildman–Crippen LogP) is -1.30. The summed E-state index contributed by atoms with van der Waals surface area (Å²) in [5.74, 6) is 0. The van der Waals surface area contributed by atoms with Gasteiger partial charge in [-0.15, -0.1) is 0 Å². The van der Waals surface area contributed by atoms with Crippen molar-refractivity contribution in [2.75, 3.05) is 13.2 Å². The first-order valence-corrected chi connectivity index (χ1v) is 1.85.